The highest BCUT2D eigenvalue weighted by Crippen LogP contribution is 2.32. The van der Waals surface area contributed by atoms with Crippen LogP contribution >= 0.6 is 0 Å². The Bertz CT molecular complexity index is 671. The third-order valence-corrected chi connectivity index (χ3v) is 3.72. The third kappa shape index (κ3) is 2.48. The molecule has 1 heterocycles. The first-order valence-electron chi connectivity index (χ1n) is 6.66. The van der Waals surface area contributed by atoms with Gasteiger partial charge in [-0.2, -0.15) is 4.98 Å². The normalized spacial score (nSPS) is 12.0. The molecule has 1 aromatic heterocycles. The topological polar surface area (TPSA) is 71.8 Å². The monoisotopic (exact) mass is 259 g/mol. The molecule has 0 bridgehead atoms. The fraction of sp³-hybridized carbons (Fsp3) is 0.467. The molecule has 0 unspecified atom stereocenters. The molecule has 0 atom stereocenters. The zero-order chi connectivity index (χ0) is 14.2. The summed E-state index contributed by atoms with van der Waals surface area (Å²) < 4.78 is 0. The summed E-state index contributed by atoms with van der Waals surface area (Å²) in [6.45, 7) is 8.63. The Morgan fingerprint density at radius 1 is 1.37 bits per heavy atom. The van der Waals surface area contributed by atoms with Crippen LogP contribution in [0.2, 0.25) is 0 Å². The molecule has 0 aliphatic heterocycles. The van der Waals surface area contributed by atoms with E-state index in [1.165, 1.54) is 5.56 Å². The van der Waals surface area contributed by atoms with Crippen molar-refractivity contribution in [3.05, 3.63) is 33.7 Å². The predicted molar refractivity (Wildman–Crippen MR) is 79.4 cm³/mol. The van der Waals surface area contributed by atoms with E-state index >= 15 is 0 Å². The van der Waals surface area contributed by atoms with Gasteiger partial charge in [0.1, 0.15) is 5.82 Å². The van der Waals surface area contributed by atoms with Gasteiger partial charge in [0.05, 0.1) is 5.52 Å². The number of benzene rings is 1. The quantitative estimate of drug-likeness (QED) is 0.890. The average molecular weight is 259 g/mol. The van der Waals surface area contributed by atoms with Crippen molar-refractivity contribution in [2.24, 2.45) is 0 Å². The molecule has 4 heteroatoms. The number of aryl methyl sites for hydroxylation is 1. The number of nitrogens with one attached hydrogen (secondary N) is 1. The lowest BCUT2D eigenvalue weighted by Gasteiger charge is -2.25. The van der Waals surface area contributed by atoms with E-state index < -0.39 is 5.69 Å². The first kappa shape index (κ1) is 13.6. The predicted octanol–water partition coefficient (Wildman–Crippen LogP) is 2.89. The Kier molecular flexibility index (Phi) is 3.35. The van der Waals surface area contributed by atoms with Gasteiger partial charge in [-0.1, -0.05) is 33.3 Å². The minimum atomic E-state index is -0.395. The first-order chi connectivity index (χ1) is 8.85. The summed E-state index contributed by atoms with van der Waals surface area (Å²) in [5.41, 5.74) is 8.63. The number of nitrogen functional groups attached to an aromatic ring is 1. The summed E-state index contributed by atoms with van der Waals surface area (Å²) in [4.78, 5) is 17.9. The number of anilines is 1. The summed E-state index contributed by atoms with van der Waals surface area (Å²) in [6, 6.07) is 4.18. The van der Waals surface area contributed by atoms with Crippen LogP contribution in [0.5, 0.6) is 0 Å². The van der Waals surface area contributed by atoms with Gasteiger partial charge in [-0.3, -0.25) is 0 Å². The fourth-order valence-corrected chi connectivity index (χ4v) is 2.62. The molecule has 0 radical (unpaired) electrons. The Morgan fingerprint density at radius 3 is 2.68 bits per heavy atom. The fourth-order valence-electron chi connectivity index (χ4n) is 2.62. The van der Waals surface area contributed by atoms with E-state index in [9.17, 15) is 4.79 Å². The molecule has 1 aromatic carbocycles. The molecule has 0 saturated carbocycles. The van der Waals surface area contributed by atoms with Gasteiger partial charge in [-0.05, 0) is 36.0 Å². The minimum absolute atomic E-state index is 0.0935. The van der Waals surface area contributed by atoms with Gasteiger partial charge in [-0.15, -0.1) is 0 Å². The smallest absolute Gasteiger partial charge is 0.347 e. The van der Waals surface area contributed by atoms with Crippen LogP contribution in [0.25, 0.3) is 10.9 Å². The van der Waals surface area contributed by atoms with Crippen molar-refractivity contribution in [2.75, 3.05) is 5.73 Å². The van der Waals surface area contributed by atoms with E-state index in [0.29, 0.717) is 5.82 Å². The molecular formula is C15H21N3O. The van der Waals surface area contributed by atoms with Crippen molar-refractivity contribution >= 4 is 16.7 Å². The van der Waals surface area contributed by atoms with Gasteiger partial charge in [0, 0.05) is 5.39 Å². The van der Waals surface area contributed by atoms with E-state index in [-0.39, 0.29) is 5.41 Å². The van der Waals surface area contributed by atoms with Crippen molar-refractivity contribution in [2.45, 2.75) is 46.0 Å². The van der Waals surface area contributed by atoms with Gasteiger partial charge in [0.2, 0.25) is 0 Å². The van der Waals surface area contributed by atoms with Gasteiger partial charge in [0.15, 0.2) is 0 Å². The van der Waals surface area contributed by atoms with E-state index in [0.717, 1.165) is 29.3 Å². The zero-order valence-corrected chi connectivity index (χ0v) is 12.0. The summed E-state index contributed by atoms with van der Waals surface area (Å²) in [5, 5.41) is 0.832. The molecule has 0 saturated heterocycles. The highest BCUT2D eigenvalue weighted by molar-refractivity contribution is 5.90. The van der Waals surface area contributed by atoms with Crippen molar-refractivity contribution < 1.29 is 0 Å². The molecule has 4 nitrogen and oxygen atoms in total. The average Bonchev–Trinajstić information content (AvgIpc) is 2.30. The summed E-state index contributed by atoms with van der Waals surface area (Å²) in [6.07, 6.45) is 2.23. The van der Waals surface area contributed by atoms with Crippen LogP contribution in [0.15, 0.2) is 16.9 Å². The lowest BCUT2D eigenvalue weighted by molar-refractivity contribution is 0.473. The molecule has 0 aliphatic rings. The molecule has 0 spiro atoms. The van der Waals surface area contributed by atoms with Crippen LogP contribution in [0.3, 0.4) is 0 Å². The van der Waals surface area contributed by atoms with Crippen LogP contribution in [0.1, 0.15) is 44.7 Å². The number of nitrogens with zero attached hydrogens (tertiary/aromatic N) is 1. The van der Waals surface area contributed by atoms with Crippen LogP contribution in [0, 0.1) is 6.92 Å². The Morgan fingerprint density at radius 2 is 2.05 bits per heavy atom. The third-order valence-electron chi connectivity index (χ3n) is 3.72. The van der Waals surface area contributed by atoms with Crippen molar-refractivity contribution in [3.8, 4) is 0 Å². The second-order valence-electron chi connectivity index (χ2n) is 5.78. The molecule has 102 valence electrons. The second kappa shape index (κ2) is 4.68. The lowest BCUT2D eigenvalue weighted by atomic mass is 9.79. The van der Waals surface area contributed by atoms with E-state index in [4.69, 9.17) is 5.73 Å². The number of nitrogens with two attached hydrogens (primary N) is 1. The molecule has 2 aromatic rings. The molecule has 0 aliphatic carbocycles. The van der Waals surface area contributed by atoms with Gasteiger partial charge < -0.3 is 10.7 Å². The standard InChI is InChI=1S/C15H21N3O/c1-5-6-15(3,4)10-7-9(2)12-11(8-10)13(16)18-14(19)17-12/h7-8H,5-6H2,1-4H3,(H3,16,17,18,19). The second-order valence-corrected chi connectivity index (χ2v) is 5.78. The summed E-state index contributed by atoms with van der Waals surface area (Å²) in [5.74, 6) is 0.302. The van der Waals surface area contributed by atoms with Crippen LogP contribution in [0.4, 0.5) is 5.82 Å². The number of hydrogen-bond acceptors (Lipinski definition) is 3. The van der Waals surface area contributed by atoms with E-state index in [1.54, 1.807) is 0 Å². The number of H-pyrrole nitrogens is 1. The summed E-state index contributed by atoms with van der Waals surface area (Å²) in [7, 11) is 0. The maximum atomic E-state index is 11.4. The Hall–Kier alpha value is -1.84. The first-order valence-corrected chi connectivity index (χ1v) is 6.66. The molecule has 19 heavy (non-hydrogen) atoms. The molecule has 0 amide bonds. The maximum absolute atomic E-state index is 11.4. The van der Waals surface area contributed by atoms with Crippen LogP contribution in [-0.4, -0.2) is 9.97 Å². The Balaban J connectivity index is 2.72. The van der Waals surface area contributed by atoms with Crippen molar-refractivity contribution in [1.82, 2.24) is 9.97 Å². The van der Waals surface area contributed by atoms with Gasteiger partial charge >= 0.3 is 5.69 Å². The van der Waals surface area contributed by atoms with E-state index in [1.807, 2.05) is 6.92 Å². The SMILES string of the molecule is CCCC(C)(C)c1cc(C)c2[nH]c(=O)nc(N)c2c1. The van der Waals surface area contributed by atoms with E-state index in [2.05, 4.69) is 42.9 Å². The molecular weight excluding hydrogens is 238 g/mol. The zero-order valence-electron chi connectivity index (χ0n) is 12.0. The molecule has 3 N–H and O–H groups in total. The number of hydrogen-bond donors (Lipinski definition) is 2. The highest BCUT2D eigenvalue weighted by atomic mass is 16.1. The number of rotatable bonds is 3. The maximum Gasteiger partial charge on any atom is 0.347 e. The van der Waals surface area contributed by atoms with Crippen LogP contribution < -0.4 is 11.4 Å². The van der Waals surface area contributed by atoms with Gasteiger partial charge in [-0.25, -0.2) is 4.79 Å². The number of aromatic amines is 1. The highest BCUT2D eigenvalue weighted by Gasteiger charge is 2.21. The lowest BCUT2D eigenvalue weighted by Crippen LogP contribution is -2.18. The Labute approximate surface area is 113 Å². The largest absolute Gasteiger partial charge is 0.383 e. The van der Waals surface area contributed by atoms with Crippen molar-refractivity contribution in [3.63, 3.8) is 0 Å². The molecule has 0 fully saturated rings. The summed E-state index contributed by atoms with van der Waals surface area (Å²) >= 11 is 0. The number of fused-ring (bicyclic) bond motifs is 1. The molecule has 2 rings (SSSR count). The van der Waals surface area contributed by atoms with Crippen molar-refractivity contribution in [1.29, 1.82) is 0 Å². The van der Waals surface area contributed by atoms with Gasteiger partial charge in [0.25, 0.3) is 0 Å². The minimum Gasteiger partial charge on any atom is -0.383 e. The number of aromatic nitrogens is 2. The van der Waals surface area contributed by atoms with Crippen LogP contribution in [-0.2, 0) is 5.41 Å².